The Morgan fingerprint density at radius 2 is 2.00 bits per heavy atom. The van der Waals surface area contributed by atoms with E-state index in [-0.39, 0.29) is 29.0 Å². The summed E-state index contributed by atoms with van der Waals surface area (Å²) in [6.45, 7) is 16.8. The van der Waals surface area contributed by atoms with Crippen LogP contribution in [0.25, 0.3) is 0 Å². The van der Waals surface area contributed by atoms with E-state index >= 15 is 0 Å². The summed E-state index contributed by atoms with van der Waals surface area (Å²) in [6, 6.07) is 0.0715. The molecule has 4 heteroatoms. The predicted molar refractivity (Wildman–Crippen MR) is 73.4 cm³/mol. The van der Waals surface area contributed by atoms with Crippen molar-refractivity contribution in [1.29, 1.82) is 0 Å². The van der Waals surface area contributed by atoms with Gasteiger partial charge in [-0.15, -0.1) is 6.58 Å². The number of hydrogen-bond donors (Lipinski definition) is 1. The van der Waals surface area contributed by atoms with Gasteiger partial charge in [-0.05, 0) is 25.1 Å². The summed E-state index contributed by atoms with van der Waals surface area (Å²) in [5.74, 6) is 0.0164. The van der Waals surface area contributed by atoms with Crippen LogP contribution in [0.3, 0.4) is 0 Å². The molecule has 17 heavy (non-hydrogen) atoms. The molecule has 1 N–H and O–H groups in total. The number of β-lactam (4-membered cyclic amide) rings is 1. The van der Waals surface area contributed by atoms with Gasteiger partial charge in [0.25, 0.3) is 0 Å². The highest BCUT2D eigenvalue weighted by Gasteiger charge is 2.46. The highest BCUT2D eigenvalue weighted by molar-refractivity contribution is 6.74. The smallest absolute Gasteiger partial charge is 0.228 e. The summed E-state index contributed by atoms with van der Waals surface area (Å²) in [4.78, 5) is 11.6. The second kappa shape index (κ2) is 4.57. The minimum Gasteiger partial charge on any atom is -0.413 e. The molecular formula is C13H25NO2Si. The van der Waals surface area contributed by atoms with E-state index in [0.29, 0.717) is 0 Å². The molecule has 98 valence electrons. The number of carbonyl (C=O) groups is 1. The van der Waals surface area contributed by atoms with Crippen molar-refractivity contribution in [2.24, 2.45) is 5.92 Å². The van der Waals surface area contributed by atoms with E-state index in [1.807, 2.05) is 6.92 Å². The van der Waals surface area contributed by atoms with Crippen LogP contribution in [0.1, 0.15) is 27.7 Å². The molecule has 0 aromatic carbocycles. The van der Waals surface area contributed by atoms with Crippen molar-refractivity contribution in [2.45, 2.75) is 58.0 Å². The first kappa shape index (κ1) is 14.4. The number of amides is 1. The van der Waals surface area contributed by atoms with Crippen LogP contribution in [0, 0.1) is 5.92 Å². The summed E-state index contributed by atoms with van der Waals surface area (Å²) in [5, 5.41) is 3.00. The number of carbonyl (C=O) groups excluding carboxylic acids is 1. The number of hydrogen-bond acceptors (Lipinski definition) is 2. The molecule has 1 fully saturated rings. The molecule has 1 unspecified atom stereocenters. The van der Waals surface area contributed by atoms with E-state index in [0.717, 1.165) is 0 Å². The second-order valence-electron chi connectivity index (χ2n) is 6.38. The van der Waals surface area contributed by atoms with E-state index in [1.54, 1.807) is 6.08 Å². The standard InChI is InChI=1S/C13H25NO2Si/c1-8-10-11(12(15)14-10)9(2)16-17(6,7)13(3,4)5/h8-11H,1H2,2-7H3,(H,14,15)/t9?,10-,11+/m1/s1. The van der Waals surface area contributed by atoms with Crippen LogP contribution in [-0.2, 0) is 9.22 Å². The third-order valence-electron chi connectivity index (χ3n) is 4.04. The van der Waals surface area contributed by atoms with Gasteiger partial charge in [0.2, 0.25) is 5.91 Å². The van der Waals surface area contributed by atoms with Crippen LogP contribution in [0.15, 0.2) is 12.7 Å². The Labute approximate surface area is 106 Å². The highest BCUT2D eigenvalue weighted by Crippen LogP contribution is 2.38. The van der Waals surface area contributed by atoms with Crippen LogP contribution in [0.4, 0.5) is 0 Å². The molecule has 3 nitrogen and oxygen atoms in total. The lowest BCUT2D eigenvalue weighted by Gasteiger charge is -2.44. The summed E-state index contributed by atoms with van der Waals surface area (Å²) in [5.41, 5.74) is 0. The van der Waals surface area contributed by atoms with E-state index in [4.69, 9.17) is 4.43 Å². The average molecular weight is 255 g/mol. The Hall–Kier alpha value is -0.613. The molecular weight excluding hydrogens is 230 g/mol. The Bertz CT molecular complexity index is 320. The van der Waals surface area contributed by atoms with Crippen LogP contribution in [-0.4, -0.2) is 26.4 Å². The van der Waals surface area contributed by atoms with E-state index in [2.05, 4.69) is 45.8 Å². The van der Waals surface area contributed by atoms with Crippen molar-refractivity contribution < 1.29 is 9.22 Å². The highest BCUT2D eigenvalue weighted by atomic mass is 28.4. The van der Waals surface area contributed by atoms with Gasteiger partial charge in [-0.3, -0.25) is 4.79 Å². The van der Waals surface area contributed by atoms with Gasteiger partial charge in [0.15, 0.2) is 8.32 Å². The maximum Gasteiger partial charge on any atom is 0.228 e. The molecule has 0 aliphatic carbocycles. The van der Waals surface area contributed by atoms with Crippen LogP contribution in [0.5, 0.6) is 0 Å². The lowest BCUT2D eigenvalue weighted by molar-refractivity contribution is -0.137. The minimum absolute atomic E-state index is 0.0346. The molecule has 0 spiro atoms. The van der Waals surface area contributed by atoms with Crippen molar-refractivity contribution in [3.05, 3.63) is 12.7 Å². The quantitative estimate of drug-likeness (QED) is 0.476. The minimum atomic E-state index is -1.80. The number of rotatable bonds is 4. The summed E-state index contributed by atoms with van der Waals surface area (Å²) >= 11 is 0. The van der Waals surface area contributed by atoms with Gasteiger partial charge in [-0.1, -0.05) is 26.8 Å². The Morgan fingerprint density at radius 3 is 2.35 bits per heavy atom. The molecule has 0 bridgehead atoms. The van der Waals surface area contributed by atoms with Crippen molar-refractivity contribution in [2.75, 3.05) is 0 Å². The summed E-state index contributed by atoms with van der Waals surface area (Å²) in [6.07, 6.45) is 1.75. The third-order valence-corrected chi connectivity index (χ3v) is 8.62. The first-order chi connectivity index (χ1) is 7.60. The molecule has 1 saturated heterocycles. The maximum atomic E-state index is 11.6. The first-order valence-corrected chi connectivity index (χ1v) is 9.12. The second-order valence-corrected chi connectivity index (χ2v) is 11.1. The zero-order valence-corrected chi connectivity index (χ0v) is 12.8. The fourth-order valence-corrected chi connectivity index (χ4v) is 3.27. The van der Waals surface area contributed by atoms with E-state index in [9.17, 15) is 4.79 Å². The topological polar surface area (TPSA) is 38.3 Å². The van der Waals surface area contributed by atoms with Crippen molar-refractivity contribution in [3.8, 4) is 0 Å². The zero-order valence-electron chi connectivity index (χ0n) is 11.8. The van der Waals surface area contributed by atoms with E-state index in [1.165, 1.54) is 0 Å². The molecule has 0 aromatic rings. The molecule has 1 aliphatic heterocycles. The van der Waals surface area contributed by atoms with Crippen LogP contribution >= 0.6 is 0 Å². The fraction of sp³-hybridized carbons (Fsp3) is 0.769. The SMILES string of the molecule is C=C[C@H]1NC(=O)[C@H]1C(C)O[Si](C)(C)C(C)(C)C. The van der Waals surface area contributed by atoms with Gasteiger partial charge in [0, 0.05) is 0 Å². The first-order valence-electron chi connectivity index (χ1n) is 6.21. The molecule has 1 heterocycles. The molecule has 3 atom stereocenters. The van der Waals surface area contributed by atoms with E-state index < -0.39 is 8.32 Å². The third kappa shape index (κ3) is 2.80. The zero-order chi connectivity index (χ0) is 13.4. The summed E-state index contributed by atoms with van der Waals surface area (Å²) in [7, 11) is -1.80. The normalized spacial score (nSPS) is 27.1. The van der Waals surface area contributed by atoms with Crippen molar-refractivity contribution in [1.82, 2.24) is 5.32 Å². The maximum absolute atomic E-state index is 11.6. The Kier molecular flexibility index (Phi) is 3.89. The van der Waals surface area contributed by atoms with Crippen LogP contribution in [0.2, 0.25) is 18.1 Å². The molecule has 1 amide bonds. The number of nitrogens with one attached hydrogen (secondary N) is 1. The van der Waals surface area contributed by atoms with Gasteiger partial charge in [-0.25, -0.2) is 0 Å². The van der Waals surface area contributed by atoms with Gasteiger partial charge in [-0.2, -0.15) is 0 Å². The summed E-state index contributed by atoms with van der Waals surface area (Å²) < 4.78 is 6.24. The molecule has 0 aromatic heterocycles. The van der Waals surface area contributed by atoms with Gasteiger partial charge in [0.05, 0.1) is 18.1 Å². The largest absolute Gasteiger partial charge is 0.413 e. The van der Waals surface area contributed by atoms with Gasteiger partial charge in [0.1, 0.15) is 0 Å². The Morgan fingerprint density at radius 1 is 1.47 bits per heavy atom. The average Bonchev–Trinajstić information content (AvgIpc) is 2.10. The molecule has 1 aliphatic rings. The lowest BCUT2D eigenvalue weighted by atomic mass is 9.86. The van der Waals surface area contributed by atoms with Gasteiger partial charge < -0.3 is 9.74 Å². The molecule has 0 radical (unpaired) electrons. The monoisotopic (exact) mass is 255 g/mol. The molecule has 0 saturated carbocycles. The van der Waals surface area contributed by atoms with Crippen molar-refractivity contribution >= 4 is 14.2 Å². The lowest BCUT2D eigenvalue weighted by Crippen LogP contribution is -2.62. The predicted octanol–water partition coefficient (Wildman–Crippen LogP) is 2.70. The van der Waals surface area contributed by atoms with Crippen molar-refractivity contribution in [3.63, 3.8) is 0 Å². The molecule has 1 rings (SSSR count). The van der Waals surface area contributed by atoms with Crippen LogP contribution < -0.4 is 5.32 Å². The fourth-order valence-electron chi connectivity index (χ4n) is 1.84. The Balaban J connectivity index is 2.69. The van der Waals surface area contributed by atoms with Gasteiger partial charge >= 0.3 is 0 Å².